The summed E-state index contributed by atoms with van der Waals surface area (Å²) in [5.41, 5.74) is 3.19. The molecule has 1 saturated heterocycles. The van der Waals surface area contributed by atoms with Gasteiger partial charge in [-0.1, -0.05) is 47.5 Å². The van der Waals surface area contributed by atoms with Crippen LogP contribution < -0.4 is 5.32 Å². The molecule has 0 radical (unpaired) electrons. The first kappa shape index (κ1) is 14.4. The van der Waals surface area contributed by atoms with E-state index in [2.05, 4.69) is 17.4 Å². The van der Waals surface area contributed by atoms with Gasteiger partial charge in [0.2, 0.25) is 5.91 Å². The molecule has 2 nitrogen and oxygen atoms in total. The molecule has 0 bridgehead atoms. The lowest BCUT2D eigenvalue weighted by Gasteiger charge is -2.11. The Morgan fingerprint density at radius 1 is 1.10 bits per heavy atom. The molecule has 3 rings (SSSR count). The van der Waals surface area contributed by atoms with E-state index in [1.165, 1.54) is 5.56 Å². The van der Waals surface area contributed by atoms with Gasteiger partial charge in [-0.2, -0.15) is 0 Å². The fraction of sp³-hybridized carbons (Fsp3) is 0.235. The number of nitrogens with one attached hydrogen (secondary N) is 1. The summed E-state index contributed by atoms with van der Waals surface area (Å²) in [6.07, 6.45) is 2.43. The Kier molecular flexibility index (Phi) is 4.18. The van der Waals surface area contributed by atoms with Gasteiger partial charge in [-0.15, -0.1) is 0 Å². The van der Waals surface area contributed by atoms with Crippen LogP contribution in [0.3, 0.4) is 0 Å². The van der Waals surface area contributed by atoms with E-state index < -0.39 is 0 Å². The van der Waals surface area contributed by atoms with Crippen LogP contribution in [0, 0.1) is 0 Å². The number of carbonyl (C=O) groups excluding carboxylic acids is 1. The Bertz CT molecular complexity index is 667. The maximum Gasteiger partial charge on any atom is 0.220 e. The zero-order valence-corrected chi connectivity index (χ0v) is 12.9. The van der Waals surface area contributed by atoms with Gasteiger partial charge in [-0.3, -0.25) is 4.79 Å². The van der Waals surface area contributed by atoms with Gasteiger partial charge in [0.15, 0.2) is 0 Å². The zero-order chi connectivity index (χ0) is 14.8. The average molecular weight is 320 g/mol. The van der Waals surface area contributed by atoms with Gasteiger partial charge in [-0.05, 0) is 42.2 Å². The molecule has 2 aromatic rings. The lowest BCUT2D eigenvalue weighted by atomic mass is 10.00. The number of hydrogen-bond donors (Lipinski definition) is 1. The third kappa shape index (κ3) is 3.39. The molecule has 1 heterocycles. The maximum absolute atomic E-state index is 11.2. The van der Waals surface area contributed by atoms with E-state index in [9.17, 15) is 4.79 Å². The van der Waals surface area contributed by atoms with Gasteiger partial charge < -0.3 is 5.32 Å². The summed E-state index contributed by atoms with van der Waals surface area (Å²) in [7, 11) is 0. The van der Waals surface area contributed by atoms with Gasteiger partial charge in [0, 0.05) is 28.1 Å². The molecule has 0 unspecified atom stereocenters. The quantitative estimate of drug-likeness (QED) is 0.887. The largest absolute Gasteiger partial charge is 0.353 e. The van der Waals surface area contributed by atoms with Crippen molar-refractivity contribution in [3.8, 4) is 11.1 Å². The number of hydrogen-bond acceptors (Lipinski definition) is 1. The van der Waals surface area contributed by atoms with Crippen molar-refractivity contribution in [1.29, 1.82) is 0 Å². The van der Waals surface area contributed by atoms with Gasteiger partial charge in [0.1, 0.15) is 0 Å². The summed E-state index contributed by atoms with van der Waals surface area (Å²) >= 11 is 12.2. The molecular weight excluding hydrogens is 305 g/mol. The highest BCUT2D eigenvalue weighted by atomic mass is 35.5. The van der Waals surface area contributed by atoms with Crippen molar-refractivity contribution in [3.05, 3.63) is 58.1 Å². The molecule has 1 amide bonds. The van der Waals surface area contributed by atoms with Crippen molar-refractivity contribution in [1.82, 2.24) is 5.32 Å². The van der Waals surface area contributed by atoms with Crippen LogP contribution in [0.15, 0.2) is 42.5 Å². The van der Waals surface area contributed by atoms with E-state index in [1.54, 1.807) is 12.1 Å². The summed E-state index contributed by atoms with van der Waals surface area (Å²) in [6.45, 7) is 0. The number of carbonyl (C=O) groups is 1. The van der Waals surface area contributed by atoms with Crippen LogP contribution in [0.25, 0.3) is 11.1 Å². The first-order valence-electron chi connectivity index (χ1n) is 6.95. The molecule has 0 aliphatic carbocycles. The number of amides is 1. The van der Waals surface area contributed by atoms with Crippen molar-refractivity contribution in [2.75, 3.05) is 0 Å². The Hall–Kier alpha value is -1.51. The molecule has 108 valence electrons. The highest BCUT2D eigenvalue weighted by Crippen LogP contribution is 2.30. The van der Waals surface area contributed by atoms with E-state index in [0.717, 1.165) is 24.0 Å². The van der Waals surface area contributed by atoms with Gasteiger partial charge in [0.25, 0.3) is 0 Å². The highest BCUT2D eigenvalue weighted by molar-refractivity contribution is 6.35. The van der Waals surface area contributed by atoms with Crippen molar-refractivity contribution in [3.63, 3.8) is 0 Å². The molecule has 0 saturated carbocycles. The minimum Gasteiger partial charge on any atom is -0.353 e. The van der Waals surface area contributed by atoms with E-state index in [1.807, 2.05) is 18.2 Å². The van der Waals surface area contributed by atoms with Crippen molar-refractivity contribution >= 4 is 29.1 Å². The van der Waals surface area contributed by atoms with Crippen molar-refractivity contribution in [2.45, 2.75) is 25.3 Å². The van der Waals surface area contributed by atoms with Gasteiger partial charge in [0.05, 0.1) is 0 Å². The topological polar surface area (TPSA) is 29.1 Å². The third-order valence-corrected chi connectivity index (χ3v) is 4.33. The van der Waals surface area contributed by atoms with Gasteiger partial charge >= 0.3 is 0 Å². The number of benzene rings is 2. The second-order valence-corrected chi connectivity index (χ2v) is 6.17. The molecule has 1 aliphatic rings. The predicted molar refractivity (Wildman–Crippen MR) is 86.8 cm³/mol. The smallest absolute Gasteiger partial charge is 0.220 e. The molecule has 21 heavy (non-hydrogen) atoms. The van der Waals surface area contributed by atoms with Crippen LogP contribution in [0.4, 0.5) is 0 Å². The Balaban J connectivity index is 1.77. The third-order valence-electron chi connectivity index (χ3n) is 3.76. The summed E-state index contributed by atoms with van der Waals surface area (Å²) in [5, 5.41) is 4.35. The predicted octanol–water partition coefficient (Wildman–Crippen LogP) is 4.48. The molecule has 0 aromatic heterocycles. The van der Waals surface area contributed by atoms with Crippen LogP contribution in [-0.4, -0.2) is 11.9 Å². The molecule has 1 N–H and O–H groups in total. The maximum atomic E-state index is 11.2. The standard InChI is InChI=1S/C17H15Cl2NO/c18-13-5-7-16(19)15(10-13)12-3-1-11(2-4-12)9-14-6-8-17(21)20-14/h1-5,7,10,14H,6,8-9H2,(H,20,21)/t14-/m0/s1. The summed E-state index contributed by atoms with van der Waals surface area (Å²) in [6, 6.07) is 14.0. The summed E-state index contributed by atoms with van der Waals surface area (Å²) in [5.74, 6) is 0.155. The van der Waals surface area contributed by atoms with E-state index in [4.69, 9.17) is 23.2 Å². The van der Waals surface area contributed by atoms with Crippen LogP contribution >= 0.6 is 23.2 Å². The molecule has 1 aliphatic heterocycles. The fourth-order valence-electron chi connectivity index (χ4n) is 2.65. The summed E-state index contributed by atoms with van der Waals surface area (Å²) in [4.78, 5) is 11.2. The van der Waals surface area contributed by atoms with E-state index in [-0.39, 0.29) is 11.9 Å². The SMILES string of the molecule is O=C1CC[C@@H](Cc2ccc(-c3cc(Cl)ccc3Cl)cc2)N1. The van der Waals surface area contributed by atoms with Crippen molar-refractivity contribution in [2.24, 2.45) is 0 Å². The van der Waals surface area contributed by atoms with Crippen LogP contribution in [0.5, 0.6) is 0 Å². The van der Waals surface area contributed by atoms with E-state index >= 15 is 0 Å². The van der Waals surface area contributed by atoms with Gasteiger partial charge in [-0.25, -0.2) is 0 Å². The minimum atomic E-state index is 0.155. The first-order valence-corrected chi connectivity index (χ1v) is 7.71. The van der Waals surface area contributed by atoms with Crippen LogP contribution in [0.1, 0.15) is 18.4 Å². The molecule has 1 fully saturated rings. The summed E-state index contributed by atoms with van der Waals surface area (Å²) < 4.78 is 0. The molecule has 1 atom stereocenters. The molecule has 4 heteroatoms. The number of rotatable bonds is 3. The van der Waals surface area contributed by atoms with E-state index in [0.29, 0.717) is 16.5 Å². The first-order chi connectivity index (χ1) is 10.1. The minimum absolute atomic E-state index is 0.155. The Morgan fingerprint density at radius 2 is 1.86 bits per heavy atom. The highest BCUT2D eigenvalue weighted by Gasteiger charge is 2.20. The van der Waals surface area contributed by atoms with Crippen LogP contribution in [-0.2, 0) is 11.2 Å². The second-order valence-electron chi connectivity index (χ2n) is 5.33. The zero-order valence-electron chi connectivity index (χ0n) is 11.4. The molecule has 2 aromatic carbocycles. The lowest BCUT2D eigenvalue weighted by molar-refractivity contribution is -0.119. The Labute approximate surface area is 134 Å². The van der Waals surface area contributed by atoms with Crippen molar-refractivity contribution < 1.29 is 4.79 Å². The number of halogens is 2. The second kappa shape index (κ2) is 6.08. The normalized spacial score (nSPS) is 17.8. The average Bonchev–Trinajstić information content (AvgIpc) is 2.88. The molecular formula is C17H15Cl2NO. The molecule has 0 spiro atoms. The van der Waals surface area contributed by atoms with Crippen LogP contribution in [0.2, 0.25) is 10.0 Å². The fourth-order valence-corrected chi connectivity index (χ4v) is 3.05. The Morgan fingerprint density at radius 3 is 2.52 bits per heavy atom. The monoisotopic (exact) mass is 319 g/mol. The lowest BCUT2D eigenvalue weighted by Crippen LogP contribution is -2.27.